The molecule has 0 aromatic heterocycles. The molecule has 6 rings (SSSR count). The topological polar surface area (TPSA) is 69.7 Å². The number of ketones is 3. The maximum Gasteiger partial charge on any atom is 0.139 e. The van der Waals surface area contributed by atoms with Gasteiger partial charge in [-0.2, -0.15) is 0 Å². The Morgan fingerprint density at radius 3 is 1.18 bits per heavy atom. The Hall–Kier alpha value is -1.07. The van der Waals surface area contributed by atoms with E-state index in [1.807, 2.05) is 0 Å². The van der Waals surface area contributed by atoms with Crippen molar-refractivity contribution in [3.8, 4) is 0 Å². The molecule has 0 heterocycles. The van der Waals surface area contributed by atoms with Gasteiger partial charge in [-0.3, -0.25) is 14.4 Å². The Kier molecular flexibility index (Phi) is 13.2. The predicted octanol–water partition coefficient (Wildman–Crippen LogP) is 10.6. The van der Waals surface area contributed by atoms with Crippen molar-refractivity contribution in [1.82, 2.24) is 0 Å². The molecule has 2 atom stereocenters. The van der Waals surface area contributed by atoms with Crippen molar-refractivity contribution >= 4 is 17.3 Å². The molecule has 0 aromatic rings. The summed E-state index contributed by atoms with van der Waals surface area (Å²) in [7, 11) is 0. The SMILES string of the molecule is CC(=O)C1CCC(OC2CCC(C(C)(C)C3CCC(OC4CCC(C(=O)C5CCCC(C(=O)C6CCC(C)CC6)C5)CC4)CC3)CC2)CC1. The summed E-state index contributed by atoms with van der Waals surface area (Å²) in [4.78, 5) is 38.8. The molecule has 0 radical (unpaired) electrons. The number of carbonyl (C=O) groups is 3. The summed E-state index contributed by atoms with van der Waals surface area (Å²) in [6.07, 6.45) is 28.0. The summed E-state index contributed by atoms with van der Waals surface area (Å²) in [6.45, 7) is 9.16. The van der Waals surface area contributed by atoms with Crippen LogP contribution in [0.2, 0.25) is 0 Å². The van der Waals surface area contributed by atoms with E-state index in [4.69, 9.17) is 9.47 Å². The number of hydrogen-bond acceptors (Lipinski definition) is 5. The van der Waals surface area contributed by atoms with Crippen molar-refractivity contribution < 1.29 is 23.9 Å². The van der Waals surface area contributed by atoms with Gasteiger partial charge < -0.3 is 9.47 Å². The van der Waals surface area contributed by atoms with Crippen LogP contribution in [0.3, 0.4) is 0 Å². The molecule has 6 fully saturated rings. The van der Waals surface area contributed by atoms with Crippen molar-refractivity contribution in [2.45, 2.75) is 206 Å². The molecule has 278 valence electrons. The maximum atomic E-state index is 13.7. The van der Waals surface area contributed by atoms with Crippen molar-refractivity contribution in [1.29, 1.82) is 0 Å². The van der Waals surface area contributed by atoms with Gasteiger partial charge in [-0.15, -0.1) is 0 Å². The van der Waals surface area contributed by atoms with E-state index in [0.29, 0.717) is 47.2 Å². The lowest BCUT2D eigenvalue weighted by Crippen LogP contribution is -2.40. The Bertz CT molecular complexity index is 1070. The van der Waals surface area contributed by atoms with Crippen LogP contribution in [0.1, 0.15) is 182 Å². The van der Waals surface area contributed by atoms with Crippen LogP contribution >= 0.6 is 0 Å². The first kappa shape index (κ1) is 37.7. The first-order chi connectivity index (χ1) is 23.6. The van der Waals surface area contributed by atoms with Gasteiger partial charge in [-0.1, -0.05) is 40.0 Å². The van der Waals surface area contributed by atoms with Crippen LogP contribution in [-0.4, -0.2) is 41.8 Å². The first-order valence-electron chi connectivity index (χ1n) is 21.5. The summed E-state index contributed by atoms with van der Waals surface area (Å²) in [5.41, 5.74) is 0.367. The van der Waals surface area contributed by atoms with Gasteiger partial charge in [-0.25, -0.2) is 0 Å². The highest BCUT2D eigenvalue weighted by Gasteiger charge is 2.42. The highest BCUT2D eigenvalue weighted by Crippen LogP contribution is 2.49. The highest BCUT2D eigenvalue weighted by molar-refractivity contribution is 5.87. The van der Waals surface area contributed by atoms with Gasteiger partial charge >= 0.3 is 0 Å². The van der Waals surface area contributed by atoms with Gasteiger partial charge in [0.1, 0.15) is 17.3 Å². The molecule has 0 aromatic carbocycles. The predicted molar refractivity (Wildman–Crippen MR) is 196 cm³/mol. The molecule has 0 N–H and O–H groups in total. The number of hydrogen-bond donors (Lipinski definition) is 0. The Morgan fingerprint density at radius 2 is 0.796 bits per heavy atom. The van der Waals surface area contributed by atoms with Crippen LogP contribution < -0.4 is 0 Å². The van der Waals surface area contributed by atoms with E-state index in [1.165, 1.54) is 64.2 Å². The third-order valence-electron chi connectivity index (χ3n) is 15.4. The first-order valence-corrected chi connectivity index (χ1v) is 21.5. The van der Waals surface area contributed by atoms with E-state index in [0.717, 1.165) is 108 Å². The second-order valence-corrected chi connectivity index (χ2v) is 18.9. The third-order valence-corrected chi connectivity index (χ3v) is 15.4. The molecular formula is C44H72O5. The molecule has 0 bridgehead atoms. The fraction of sp³-hybridized carbons (Fsp3) is 0.932. The zero-order valence-corrected chi connectivity index (χ0v) is 31.9. The van der Waals surface area contributed by atoms with Crippen LogP contribution in [0.15, 0.2) is 0 Å². The Labute approximate surface area is 299 Å². The third kappa shape index (κ3) is 9.68. The highest BCUT2D eigenvalue weighted by atomic mass is 16.5. The molecule has 6 aliphatic carbocycles. The molecule has 0 amide bonds. The number of carbonyl (C=O) groups excluding carboxylic acids is 3. The minimum atomic E-state index is 0.118. The molecule has 2 unspecified atom stereocenters. The monoisotopic (exact) mass is 681 g/mol. The molecule has 0 saturated heterocycles. The molecule has 49 heavy (non-hydrogen) atoms. The lowest BCUT2D eigenvalue weighted by Gasteiger charge is -2.47. The van der Waals surface area contributed by atoms with Gasteiger partial charge in [-0.05, 0) is 165 Å². The van der Waals surface area contributed by atoms with Crippen LogP contribution in [0.4, 0.5) is 0 Å². The van der Waals surface area contributed by atoms with E-state index < -0.39 is 0 Å². The minimum absolute atomic E-state index is 0.118. The van der Waals surface area contributed by atoms with Crippen LogP contribution in [-0.2, 0) is 23.9 Å². The fourth-order valence-corrected chi connectivity index (χ4v) is 11.8. The van der Waals surface area contributed by atoms with E-state index in [2.05, 4.69) is 20.8 Å². The van der Waals surface area contributed by atoms with E-state index in [-0.39, 0.29) is 29.6 Å². The van der Waals surface area contributed by atoms with Gasteiger partial charge in [0.25, 0.3) is 0 Å². The van der Waals surface area contributed by atoms with Crippen LogP contribution in [0.25, 0.3) is 0 Å². The van der Waals surface area contributed by atoms with E-state index in [9.17, 15) is 14.4 Å². The van der Waals surface area contributed by atoms with E-state index >= 15 is 0 Å². The van der Waals surface area contributed by atoms with Gasteiger partial charge in [0, 0.05) is 29.6 Å². The molecule has 0 spiro atoms. The summed E-state index contributed by atoms with van der Waals surface area (Å²) in [6, 6.07) is 0. The quantitative estimate of drug-likeness (QED) is 0.217. The summed E-state index contributed by atoms with van der Waals surface area (Å²) in [5.74, 6) is 4.65. The zero-order valence-electron chi connectivity index (χ0n) is 31.9. The standard InChI is InChI=1S/C44H72O5/c1-29-8-10-32(11-9-29)42(46)34-6-5-7-35(28-34)43(47)33-14-22-39(23-15-33)49-41-26-18-37(19-27-41)44(3,4)36-16-24-40(25-17-36)48-38-20-12-31(13-21-38)30(2)45/h29,31-41H,5-28H2,1-4H3. The lowest BCUT2D eigenvalue weighted by atomic mass is 9.60. The second-order valence-electron chi connectivity index (χ2n) is 18.9. The number of ether oxygens (including phenoxy) is 2. The Morgan fingerprint density at radius 1 is 0.449 bits per heavy atom. The summed E-state index contributed by atoms with van der Waals surface area (Å²) >= 11 is 0. The van der Waals surface area contributed by atoms with Crippen LogP contribution in [0, 0.1) is 52.8 Å². The van der Waals surface area contributed by atoms with Crippen molar-refractivity contribution in [2.24, 2.45) is 52.8 Å². The molecule has 0 aliphatic heterocycles. The maximum absolute atomic E-state index is 13.7. The van der Waals surface area contributed by atoms with Gasteiger partial charge in [0.15, 0.2) is 0 Å². The average Bonchev–Trinajstić information content (AvgIpc) is 3.12. The fourth-order valence-electron chi connectivity index (χ4n) is 11.8. The molecule has 5 heteroatoms. The minimum Gasteiger partial charge on any atom is -0.375 e. The summed E-state index contributed by atoms with van der Waals surface area (Å²) < 4.78 is 13.3. The van der Waals surface area contributed by atoms with E-state index in [1.54, 1.807) is 6.92 Å². The number of rotatable bonds is 11. The summed E-state index contributed by atoms with van der Waals surface area (Å²) in [5, 5.41) is 0. The van der Waals surface area contributed by atoms with Gasteiger partial charge in [0.2, 0.25) is 0 Å². The van der Waals surface area contributed by atoms with Crippen molar-refractivity contribution in [3.63, 3.8) is 0 Å². The van der Waals surface area contributed by atoms with Crippen LogP contribution in [0.5, 0.6) is 0 Å². The zero-order chi connectivity index (χ0) is 34.5. The largest absolute Gasteiger partial charge is 0.375 e. The number of Topliss-reactive ketones (excluding diaryl/α,β-unsaturated/α-hetero) is 3. The molecule has 6 saturated carbocycles. The average molecular weight is 681 g/mol. The van der Waals surface area contributed by atoms with Crippen molar-refractivity contribution in [2.75, 3.05) is 0 Å². The Balaban J connectivity index is 0.869. The van der Waals surface area contributed by atoms with Gasteiger partial charge in [0.05, 0.1) is 24.4 Å². The smallest absolute Gasteiger partial charge is 0.139 e. The normalized spacial score (nSPS) is 41.1. The lowest BCUT2D eigenvalue weighted by molar-refractivity contribution is -0.134. The molecular weight excluding hydrogens is 608 g/mol. The molecule has 5 nitrogen and oxygen atoms in total. The molecule has 6 aliphatic rings. The second kappa shape index (κ2) is 17.2. The van der Waals surface area contributed by atoms with Crippen molar-refractivity contribution in [3.05, 3.63) is 0 Å².